The van der Waals surface area contributed by atoms with E-state index in [1.54, 1.807) is 21.8 Å². The molecule has 1 N–H and O–H groups in total. The van der Waals surface area contributed by atoms with E-state index < -0.39 is 0 Å². The minimum Gasteiger partial charge on any atom is -0.345 e. The van der Waals surface area contributed by atoms with Gasteiger partial charge in [0.15, 0.2) is 5.69 Å². The van der Waals surface area contributed by atoms with Gasteiger partial charge in [-0.05, 0) is 13.8 Å². The maximum Gasteiger partial charge on any atom is 0.273 e. The summed E-state index contributed by atoms with van der Waals surface area (Å²) in [5.41, 5.74) is 0.826. The quantitative estimate of drug-likeness (QED) is 0.921. The van der Waals surface area contributed by atoms with Gasteiger partial charge in [0, 0.05) is 25.5 Å². The first-order chi connectivity index (χ1) is 9.55. The lowest BCUT2D eigenvalue weighted by molar-refractivity contribution is 0.0944. The van der Waals surface area contributed by atoms with E-state index in [1.807, 2.05) is 13.8 Å². The molecular formula is C12H15Cl2N5O. The van der Waals surface area contributed by atoms with Gasteiger partial charge in [-0.25, -0.2) is 0 Å². The van der Waals surface area contributed by atoms with Gasteiger partial charge in [0.2, 0.25) is 0 Å². The molecule has 2 aromatic heterocycles. The Balaban J connectivity index is 2.04. The van der Waals surface area contributed by atoms with Crippen LogP contribution in [0.5, 0.6) is 0 Å². The molecule has 2 rings (SSSR count). The summed E-state index contributed by atoms with van der Waals surface area (Å²) in [5, 5.41) is 11.9. The van der Waals surface area contributed by atoms with Crippen LogP contribution >= 0.6 is 23.2 Å². The highest BCUT2D eigenvalue weighted by molar-refractivity contribution is 6.33. The Morgan fingerprint density at radius 3 is 2.30 bits per heavy atom. The van der Waals surface area contributed by atoms with Crippen LogP contribution in [-0.2, 0) is 19.6 Å². The molecule has 0 saturated carbocycles. The number of carbonyl (C=O) groups excluding carboxylic acids is 1. The first-order valence-electron chi connectivity index (χ1n) is 6.28. The van der Waals surface area contributed by atoms with Crippen molar-refractivity contribution in [1.29, 1.82) is 0 Å². The van der Waals surface area contributed by atoms with E-state index in [9.17, 15) is 4.79 Å². The standard InChI is InChI=1S/C12H15Cl2N5O/c1-3-18-6-8(13)10(16-18)5-15-12(20)11-9(14)7-19(4-2)17-11/h6-7H,3-5H2,1-2H3,(H,15,20). The lowest BCUT2D eigenvalue weighted by Crippen LogP contribution is -2.24. The van der Waals surface area contributed by atoms with Crippen molar-refractivity contribution in [1.82, 2.24) is 24.9 Å². The average Bonchev–Trinajstić information content (AvgIpc) is 2.99. The molecule has 0 bridgehead atoms. The second-order valence-corrected chi connectivity index (χ2v) is 4.96. The predicted octanol–water partition coefficient (Wildman–Crippen LogP) is 2.36. The normalized spacial score (nSPS) is 10.8. The molecule has 0 saturated heterocycles. The zero-order valence-corrected chi connectivity index (χ0v) is 12.7. The number of hydrogen-bond acceptors (Lipinski definition) is 3. The van der Waals surface area contributed by atoms with E-state index >= 15 is 0 Å². The molecule has 6 nitrogen and oxygen atoms in total. The molecule has 0 aliphatic carbocycles. The summed E-state index contributed by atoms with van der Waals surface area (Å²) in [4.78, 5) is 12.0. The highest BCUT2D eigenvalue weighted by Gasteiger charge is 2.16. The van der Waals surface area contributed by atoms with Crippen LogP contribution in [0.15, 0.2) is 12.4 Å². The van der Waals surface area contributed by atoms with Gasteiger partial charge in [-0.2, -0.15) is 10.2 Å². The topological polar surface area (TPSA) is 64.7 Å². The van der Waals surface area contributed by atoms with Crippen LogP contribution in [0.2, 0.25) is 10.0 Å². The van der Waals surface area contributed by atoms with Gasteiger partial charge in [-0.3, -0.25) is 14.2 Å². The molecule has 0 fully saturated rings. The first-order valence-corrected chi connectivity index (χ1v) is 7.03. The number of rotatable bonds is 5. The fraction of sp³-hybridized carbons (Fsp3) is 0.417. The molecule has 0 aromatic carbocycles. The van der Waals surface area contributed by atoms with Crippen LogP contribution in [-0.4, -0.2) is 25.5 Å². The minimum absolute atomic E-state index is 0.208. The summed E-state index contributed by atoms with van der Waals surface area (Å²) in [5.74, 6) is -0.343. The van der Waals surface area contributed by atoms with Crippen molar-refractivity contribution in [3.8, 4) is 0 Å². The molecule has 2 heterocycles. The lowest BCUT2D eigenvalue weighted by atomic mass is 10.3. The molecular weight excluding hydrogens is 301 g/mol. The van der Waals surface area contributed by atoms with Gasteiger partial charge < -0.3 is 5.32 Å². The van der Waals surface area contributed by atoms with Crippen molar-refractivity contribution in [2.45, 2.75) is 33.5 Å². The zero-order chi connectivity index (χ0) is 14.7. The second kappa shape index (κ2) is 6.28. The Hall–Kier alpha value is -1.53. The number of nitrogens with one attached hydrogen (secondary N) is 1. The van der Waals surface area contributed by atoms with Crippen molar-refractivity contribution < 1.29 is 4.79 Å². The monoisotopic (exact) mass is 315 g/mol. The summed E-state index contributed by atoms with van der Waals surface area (Å²) in [6.45, 7) is 5.49. The van der Waals surface area contributed by atoms with Gasteiger partial charge in [0.25, 0.3) is 5.91 Å². The van der Waals surface area contributed by atoms with Crippen molar-refractivity contribution >= 4 is 29.1 Å². The largest absolute Gasteiger partial charge is 0.345 e. The number of nitrogens with zero attached hydrogens (tertiary/aromatic N) is 4. The zero-order valence-electron chi connectivity index (χ0n) is 11.2. The average molecular weight is 316 g/mol. The third kappa shape index (κ3) is 3.13. The van der Waals surface area contributed by atoms with E-state index in [0.29, 0.717) is 22.3 Å². The van der Waals surface area contributed by atoms with Gasteiger partial charge in [0.05, 0.1) is 16.6 Å². The summed E-state index contributed by atoms with van der Waals surface area (Å²) in [7, 11) is 0. The van der Waals surface area contributed by atoms with Crippen LogP contribution in [0.3, 0.4) is 0 Å². The summed E-state index contributed by atoms with van der Waals surface area (Å²) >= 11 is 12.0. The number of aryl methyl sites for hydroxylation is 2. The van der Waals surface area contributed by atoms with Crippen LogP contribution in [0, 0.1) is 0 Å². The van der Waals surface area contributed by atoms with Gasteiger partial charge >= 0.3 is 0 Å². The Bertz CT molecular complexity index is 619. The molecule has 0 aliphatic heterocycles. The SMILES string of the molecule is CCn1cc(Cl)c(CNC(=O)c2nn(CC)cc2Cl)n1. The Labute approximate surface area is 126 Å². The highest BCUT2D eigenvalue weighted by Crippen LogP contribution is 2.16. The predicted molar refractivity (Wildman–Crippen MR) is 77.0 cm³/mol. The summed E-state index contributed by atoms with van der Waals surface area (Å²) < 4.78 is 3.32. The van der Waals surface area contributed by atoms with Gasteiger partial charge in [-0.1, -0.05) is 23.2 Å². The van der Waals surface area contributed by atoms with Crippen molar-refractivity contribution in [2.24, 2.45) is 0 Å². The first kappa shape index (κ1) is 14.9. The van der Waals surface area contributed by atoms with E-state index in [2.05, 4.69) is 15.5 Å². The van der Waals surface area contributed by atoms with Crippen LogP contribution in [0.25, 0.3) is 0 Å². The second-order valence-electron chi connectivity index (χ2n) is 4.14. The Morgan fingerprint density at radius 1 is 1.15 bits per heavy atom. The maximum absolute atomic E-state index is 12.0. The highest BCUT2D eigenvalue weighted by atomic mass is 35.5. The van der Waals surface area contributed by atoms with E-state index in [4.69, 9.17) is 23.2 Å². The summed E-state index contributed by atoms with van der Waals surface area (Å²) in [6.07, 6.45) is 3.34. The van der Waals surface area contributed by atoms with Crippen molar-refractivity contribution in [2.75, 3.05) is 0 Å². The molecule has 0 unspecified atom stereocenters. The van der Waals surface area contributed by atoms with E-state index in [-0.39, 0.29) is 18.1 Å². The minimum atomic E-state index is -0.343. The van der Waals surface area contributed by atoms with Gasteiger partial charge in [0.1, 0.15) is 5.69 Å². The third-order valence-electron chi connectivity index (χ3n) is 2.78. The number of amides is 1. The van der Waals surface area contributed by atoms with Crippen molar-refractivity contribution in [3.05, 3.63) is 33.8 Å². The molecule has 0 radical (unpaired) electrons. The number of hydrogen-bond donors (Lipinski definition) is 1. The molecule has 0 spiro atoms. The Morgan fingerprint density at radius 2 is 1.75 bits per heavy atom. The molecule has 108 valence electrons. The Kier molecular flexibility index (Phi) is 4.67. The molecule has 1 amide bonds. The van der Waals surface area contributed by atoms with Crippen LogP contribution in [0.4, 0.5) is 0 Å². The van der Waals surface area contributed by atoms with Crippen molar-refractivity contribution in [3.63, 3.8) is 0 Å². The molecule has 0 atom stereocenters. The smallest absolute Gasteiger partial charge is 0.273 e. The maximum atomic E-state index is 12.0. The number of halogens is 2. The fourth-order valence-electron chi connectivity index (χ4n) is 1.68. The molecule has 0 aliphatic rings. The van der Waals surface area contributed by atoms with E-state index in [0.717, 1.165) is 6.54 Å². The lowest BCUT2D eigenvalue weighted by Gasteiger charge is -2.01. The molecule has 20 heavy (non-hydrogen) atoms. The molecule has 2 aromatic rings. The molecule has 8 heteroatoms. The number of aromatic nitrogens is 4. The third-order valence-corrected chi connectivity index (χ3v) is 3.38. The number of carbonyl (C=O) groups is 1. The van der Waals surface area contributed by atoms with Crippen LogP contribution in [0.1, 0.15) is 30.0 Å². The summed E-state index contributed by atoms with van der Waals surface area (Å²) in [6, 6.07) is 0. The fourth-order valence-corrected chi connectivity index (χ4v) is 2.13. The van der Waals surface area contributed by atoms with Crippen LogP contribution < -0.4 is 5.32 Å². The van der Waals surface area contributed by atoms with E-state index in [1.165, 1.54) is 0 Å². The van der Waals surface area contributed by atoms with Gasteiger partial charge in [-0.15, -0.1) is 0 Å².